The van der Waals surface area contributed by atoms with Gasteiger partial charge in [0, 0.05) is 0 Å². The van der Waals surface area contributed by atoms with Crippen LogP contribution in [0, 0.1) is 0 Å². The fourth-order valence-corrected chi connectivity index (χ4v) is 9.18. The monoisotopic (exact) mass is 914 g/mol. The van der Waals surface area contributed by atoms with E-state index >= 15 is 0 Å². The van der Waals surface area contributed by atoms with Gasteiger partial charge in [-0.1, -0.05) is 288 Å². The lowest BCUT2D eigenvalue weighted by Crippen LogP contribution is -2.45. The molecule has 5 nitrogen and oxygen atoms in total. The topological polar surface area (TPSA) is 89.8 Å². The third kappa shape index (κ3) is 51.8. The van der Waals surface area contributed by atoms with E-state index in [1.165, 1.54) is 257 Å². The van der Waals surface area contributed by atoms with Crippen LogP contribution in [0.3, 0.4) is 0 Å². The number of aliphatic hydroxyl groups is 3. The van der Waals surface area contributed by atoms with Crippen LogP contribution < -0.4 is 5.32 Å². The third-order valence-electron chi connectivity index (χ3n) is 13.6. The van der Waals surface area contributed by atoms with Crippen LogP contribution in [0.2, 0.25) is 0 Å². The second kappa shape index (κ2) is 55.2. The average molecular weight is 915 g/mol. The molecule has 1 amide bonds. The lowest BCUT2D eigenvalue weighted by molar-refractivity contribution is -0.124. The van der Waals surface area contributed by atoms with Gasteiger partial charge in [0.2, 0.25) is 5.91 Å². The van der Waals surface area contributed by atoms with Crippen LogP contribution in [0.5, 0.6) is 0 Å². The third-order valence-corrected chi connectivity index (χ3v) is 13.6. The standard InChI is InChI=1S/C60H115NO4/c1-3-5-7-9-11-13-15-17-19-21-23-24-25-26-27-28-29-30-31-32-33-34-36-37-39-41-43-45-47-49-51-53-57(63)55-60(65)61-58(56-62)59(64)54-52-50-48-46-44-42-40-38-35-22-20-18-16-14-12-10-8-6-4-2/h26-27,44,46,52,54,57-59,62-64H,3-25,28-43,45,47-51,53,55-56H2,1-2H3,(H,61,65)/b27-26-,46-44+,54-52+. The lowest BCUT2D eigenvalue weighted by atomic mass is 10.0. The molecule has 0 aliphatic heterocycles. The number of rotatable bonds is 54. The zero-order chi connectivity index (χ0) is 47.2. The second-order valence-electron chi connectivity index (χ2n) is 20.2. The summed E-state index contributed by atoms with van der Waals surface area (Å²) in [6.07, 6.45) is 72.1. The first-order chi connectivity index (χ1) is 32.0. The minimum absolute atomic E-state index is 0.00810. The fraction of sp³-hybridized carbons (Fsp3) is 0.883. The quantitative estimate of drug-likeness (QED) is 0.0361. The molecule has 3 atom stereocenters. The normalized spacial score (nSPS) is 13.5. The highest BCUT2D eigenvalue weighted by Crippen LogP contribution is 2.17. The number of nitrogens with one attached hydrogen (secondary N) is 1. The molecule has 0 aliphatic carbocycles. The van der Waals surface area contributed by atoms with E-state index in [-0.39, 0.29) is 18.9 Å². The Morgan fingerprint density at radius 3 is 0.985 bits per heavy atom. The van der Waals surface area contributed by atoms with Crippen molar-refractivity contribution in [1.82, 2.24) is 5.32 Å². The Labute approximate surface area is 406 Å². The minimum Gasteiger partial charge on any atom is -0.394 e. The largest absolute Gasteiger partial charge is 0.394 e. The van der Waals surface area contributed by atoms with Gasteiger partial charge in [0.1, 0.15) is 0 Å². The number of carbonyl (C=O) groups excluding carboxylic acids is 1. The molecule has 3 unspecified atom stereocenters. The van der Waals surface area contributed by atoms with E-state index in [9.17, 15) is 20.1 Å². The number of hydrogen-bond donors (Lipinski definition) is 4. The van der Waals surface area contributed by atoms with Gasteiger partial charge in [-0.2, -0.15) is 0 Å². The van der Waals surface area contributed by atoms with E-state index < -0.39 is 18.2 Å². The summed E-state index contributed by atoms with van der Waals surface area (Å²) < 4.78 is 0. The second-order valence-corrected chi connectivity index (χ2v) is 20.2. The van der Waals surface area contributed by atoms with Gasteiger partial charge >= 0.3 is 0 Å². The molecule has 0 rings (SSSR count). The molecule has 0 aromatic rings. The smallest absolute Gasteiger partial charge is 0.222 e. The van der Waals surface area contributed by atoms with Crippen LogP contribution in [0.4, 0.5) is 0 Å². The maximum atomic E-state index is 12.5. The Morgan fingerprint density at radius 1 is 0.385 bits per heavy atom. The van der Waals surface area contributed by atoms with Crippen LogP contribution in [0.25, 0.3) is 0 Å². The highest BCUT2D eigenvalue weighted by atomic mass is 16.3. The number of carbonyl (C=O) groups is 1. The molecule has 0 bridgehead atoms. The maximum absolute atomic E-state index is 12.5. The van der Waals surface area contributed by atoms with Crippen molar-refractivity contribution in [1.29, 1.82) is 0 Å². The van der Waals surface area contributed by atoms with Crippen LogP contribution >= 0.6 is 0 Å². The molecule has 5 heteroatoms. The van der Waals surface area contributed by atoms with Crippen LogP contribution in [0.1, 0.15) is 316 Å². The van der Waals surface area contributed by atoms with Gasteiger partial charge in [-0.05, 0) is 57.8 Å². The fourth-order valence-electron chi connectivity index (χ4n) is 9.18. The molecule has 0 aliphatic rings. The Balaban J connectivity index is 3.55. The summed E-state index contributed by atoms with van der Waals surface area (Å²) in [4.78, 5) is 12.5. The molecule has 0 fully saturated rings. The molecule has 0 heterocycles. The van der Waals surface area contributed by atoms with E-state index in [0.29, 0.717) is 6.42 Å². The molecule has 0 spiro atoms. The van der Waals surface area contributed by atoms with E-state index in [4.69, 9.17) is 0 Å². The summed E-state index contributed by atoms with van der Waals surface area (Å²) in [5.74, 6) is -0.321. The summed E-state index contributed by atoms with van der Waals surface area (Å²) in [6, 6.07) is -0.761. The summed E-state index contributed by atoms with van der Waals surface area (Å²) in [5.41, 5.74) is 0. The van der Waals surface area contributed by atoms with Gasteiger partial charge in [-0.15, -0.1) is 0 Å². The molecule has 4 N–H and O–H groups in total. The molecule has 0 radical (unpaired) electrons. The van der Waals surface area contributed by atoms with Gasteiger partial charge in [-0.25, -0.2) is 0 Å². The number of unbranched alkanes of at least 4 members (excludes halogenated alkanes) is 41. The summed E-state index contributed by atoms with van der Waals surface area (Å²) in [5, 5.41) is 33.4. The Bertz CT molecular complexity index is 1010. The first-order valence-corrected chi connectivity index (χ1v) is 29.3. The zero-order valence-corrected chi connectivity index (χ0v) is 43.9. The highest BCUT2D eigenvalue weighted by molar-refractivity contribution is 5.76. The SMILES string of the molecule is CCCCCCCCCCCCCC/C=C\CCCCCCCCCCCCCCCCCC(O)CC(=O)NC(CO)C(O)/C=C/CC/C=C/CCCCCCCCCCCCCCC. The molecule has 0 aromatic carbocycles. The number of amides is 1. The Morgan fingerprint density at radius 2 is 0.662 bits per heavy atom. The first kappa shape index (κ1) is 63.6. The van der Waals surface area contributed by atoms with E-state index in [2.05, 4.69) is 43.5 Å². The predicted octanol–water partition coefficient (Wildman–Crippen LogP) is 18.2. The van der Waals surface area contributed by atoms with Gasteiger partial charge in [0.25, 0.3) is 0 Å². The maximum Gasteiger partial charge on any atom is 0.222 e. The molecular formula is C60H115NO4. The Kier molecular flexibility index (Phi) is 54.0. The van der Waals surface area contributed by atoms with Gasteiger partial charge in [-0.3, -0.25) is 4.79 Å². The van der Waals surface area contributed by atoms with Gasteiger partial charge in [0.05, 0.1) is 31.3 Å². The molecule has 0 aromatic heterocycles. The Hall–Kier alpha value is -1.43. The zero-order valence-electron chi connectivity index (χ0n) is 43.9. The number of aliphatic hydroxyl groups excluding tert-OH is 3. The van der Waals surface area contributed by atoms with Crippen molar-refractivity contribution >= 4 is 5.91 Å². The molecule has 65 heavy (non-hydrogen) atoms. The van der Waals surface area contributed by atoms with E-state index in [1.54, 1.807) is 6.08 Å². The molecule has 0 saturated heterocycles. The first-order valence-electron chi connectivity index (χ1n) is 29.3. The summed E-state index contributed by atoms with van der Waals surface area (Å²) >= 11 is 0. The summed E-state index contributed by atoms with van der Waals surface area (Å²) in [6.45, 7) is 4.23. The van der Waals surface area contributed by atoms with Gasteiger partial charge in [0.15, 0.2) is 0 Å². The molecule has 0 saturated carbocycles. The van der Waals surface area contributed by atoms with Crippen LogP contribution in [-0.2, 0) is 4.79 Å². The highest BCUT2D eigenvalue weighted by Gasteiger charge is 2.20. The minimum atomic E-state index is -0.952. The van der Waals surface area contributed by atoms with Crippen molar-refractivity contribution in [2.45, 2.75) is 334 Å². The number of hydrogen-bond acceptors (Lipinski definition) is 4. The van der Waals surface area contributed by atoms with E-state index in [0.717, 1.165) is 32.1 Å². The predicted molar refractivity (Wildman–Crippen MR) is 287 cm³/mol. The van der Waals surface area contributed by atoms with Crippen LogP contribution in [0.15, 0.2) is 36.5 Å². The molecular weight excluding hydrogens is 799 g/mol. The summed E-state index contributed by atoms with van der Waals surface area (Å²) in [7, 11) is 0. The van der Waals surface area contributed by atoms with Crippen molar-refractivity contribution in [3.8, 4) is 0 Å². The van der Waals surface area contributed by atoms with Crippen molar-refractivity contribution < 1.29 is 20.1 Å². The number of allylic oxidation sites excluding steroid dienone is 5. The lowest BCUT2D eigenvalue weighted by Gasteiger charge is -2.21. The van der Waals surface area contributed by atoms with Crippen molar-refractivity contribution in [3.05, 3.63) is 36.5 Å². The van der Waals surface area contributed by atoms with Crippen molar-refractivity contribution in [2.24, 2.45) is 0 Å². The molecule has 384 valence electrons. The van der Waals surface area contributed by atoms with Crippen molar-refractivity contribution in [2.75, 3.05) is 6.61 Å². The van der Waals surface area contributed by atoms with Gasteiger partial charge < -0.3 is 20.6 Å². The van der Waals surface area contributed by atoms with Crippen LogP contribution in [-0.4, -0.2) is 46.1 Å². The van der Waals surface area contributed by atoms with E-state index in [1.807, 2.05) is 6.08 Å². The van der Waals surface area contributed by atoms with Crippen molar-refractivity contribution in [3.63, 3.8) is 0 Å². The average Bonchev–Trinajstić information content (AvgIpc) is 3.30.